The topological polar surface area (TPSA) is 49.5 Å². The standard InChI is InChI=1S/C11H18N2OS/c1-8(14)9-4-10(12)6-13(5-9)11-2-3-15-7-11/h2-3,7-10,14H,4-6,12H2,1H3. The van der Waals surface area contributed by atoms with Crippen LogP contribution in [0.3, 0.4) is 0 Å². The summed E-state index contributed by atoms with van der Waals surface area (Å²) in [6.45, 7) is 3.68. The molecule has 3 unspecified atom stereocenters. The lowest BCUT2D eigenvalue weighted by Gasteiger charge is -2.38. The molecule has 0 bridgehead atoms. The van der Waals surface area contributed by atoms with E-state index in [-0.39, 0.29) is 12.1 Å². The largest absolute Gasteiger partial charge is 0.393 e. The second kappa shape index (κ2) is 4.51. The number of aliphatic hydroxyl groups is 1. The number of nitrogens with two attached hydrogens (primary N) is 1. The van der Waals surface area contributed by atoms with Crippen molar-refractivity contribution in [3.8, 4) is 0 Å². The van der Waals surface area contributed by atoms with E-state index in [0.717, 1.165) is 19.5 Å². The minimum Gasteiger partial charge on any atom is -0.393 e. The molecule has 3 N–H and O–H groups in total. The van der Waals surface area contributed by atoms with Gasteiger partial charge in [-0.2, -0.15) is 11.3 Å². The van der Waals surface area contributed by atoms with Crippen molar-refractivity contribution in [2.24, 2.45) is 11.7 Å². The molecule has 0 radical (unpaired) electrons. The van der Waals surface area contributed by atoms with Crippen LogP contribution in [0.4, 0.5) is 5.69 Å². The molecule has 1 aromatic heterocycles. The number of aliphatic hydroxyl groups excluding tert-OH is 1. The quantitative estimate of drug-likeness (QED) is 0.799. The summed E-state index contributed by atoms with van der Waals surface area (Å²) in [4.78, 5) is 2.28. The third-order valence-electron chi connectivity index (χ3n) is 3.07. The Kier molecular flexibility index (Phi) is 3.29. The predicted molar refractivity (Wildman–Crippen MR) is 64.3 cm³/mol. The highest BCUT2D eigenvalue weighted by atomic mass is 32.1. The fourth-order valence-electron chi connectivity index (χ4n) is 2.18. The molecule has 4 heteroatoms. The van der Waals surface area contributed by atoms with Crippen molar-refractivity contribution in [1.29, 1.82) is 0 Å². The van der Waals surface area contributed by atoms with Crippen molar-refractivity contribution >= 4 is 17.0 Å². The van der Waals surface area contributed by atoms with Crippen LogP contribution >= 0.6 is 11.3 Å². The minimum absolute atomic E-state index is 0.179. The van der Waals surface area contributed by atoms with Crippen LogP contribution in [0.2, 0.25) is 0 Å². The van der Waals surface area contributed by atoms with E-state index in [1.165, 1.54) is 5.69 Å². The molecule has 0 amide bonds. The molecule has 1 aromatic rings. The molecule has 84 valence electrons. The number of thiophene rings is 1. The maximum Gasteiger partial charge on any atom is 0.0557 e. The van der Waals surface area contributed by atoms with Gasteiger partial charge in [0.1, 0.15) is 0 Å². The first-order chi connectivity index (χ1) is 7.16. The van der Waals surface area contributed by atoms with Gasteiger partial charge in [-0.25, -0.2) is 0 Å². The average molecular weight is 226 g/mol. The van der Waals surface area contributed by atoms with E-state index in [9.17, 15) is 5.11 Å². The monoisotopic (exact) mass is 226 g/mol. The zero-order valence-electron chi connectivity index (χ0n) is 8.97. The summed E-state index contributed by atoms with van der Waals surface area (Å²) >= 11 is 1.70. The second-order valence-corrected chi connectivity index (χ2v) is 5.16. The number of nitrogens with zero attached hydrogens (tertiary/aromatic N) is 1. The average Bonchev–Trinajstić information content (AvgIpc) is 2.69. The van der Waals surface area contributed by atoms with Gasteiger partial charge in [0.15, 0.2) is 0 Å². The number of hydrogen-bond donors (Lipinski definition) is 2. The van der Waals surface area contributed by atoms with Crippen LogP contribution in [0, 0.1) is 5.92 Å². The van der Waals surface area contributed by atoms with Crippen LogP contribution in [0.5, 0.6) is 0 Å². The smallest absolute Gasteiger partial charge is 0.0557 e. The zero-order chi connectivity index (χ0) is 10.8. The fourth-order valence-corrected chi connectivity index (χ4v) is 2.84. The Balaban J connectivity index is 2.07. The Hall–Kier alpha value is -0.580. The van der Waals surface area contributed by atoms with Crippen LogP contribution in [-0.2, 0) is 0 Å². The number of anilines is 1. The summed E-state index contributed by atoms with van der Waals surface area (Å²) in [5.41, 5.74) is 7.25. The highest BCUT2D eigenvalue weighted by Crippen LogP contribution is 2.26. The van der Waals surface area contributed by atoms with E-state index in [4.69, 9.17) is 5.73 Å². The molecular formula is C11H18N2OS. The molecule has 1 saturated heterocycles. The Labute approximate surface area is 94.5 Å². The van der Waals surface area contributed by atoms with E-state index in [0.29, 0.717) is 5.92 Å². The van der Waals surface area contributed by atoms with Crippen molar-refractivity contribution in [2.75, 3.05) is 18.0 Å². The summed E-state index contributed by atoms with van der Waals surface area (Å²) in [7, 11) is 0. The molecule has 1 aliphatic rings. The maximum absolute atomic E-state index is 9.63. The normalized spacial score (nSPS) is 29.1. The Morgan fingerprint density at radius 3 is 3.00 bits per heavy atom. The molecule has 0 aliphatic carbocycles. The SMILES string of the molecule is CC(O)C1CC(N)CN(c2ccsc2)C1. The summed E-state index contributed by atoms with van der Waals surface area (Å²) < 4.78 is 0. The van der Waals surface area contributed by atoms with E-state index in [2.05, 4.69) is 21.7 Å². The molecule has 0 spiro atoms. The molecular weight excluding hydrogens is 208 g/mol. The molecule has 0 aromatic carbocycles. The first-order valence-electron chi connectivity index (χ1n) is 5.37. The molecule has 2 rings (SSSR count). The molecule has 0 saturated carbocycles. The van der Waals surface area contributed by atoms with Crippen LogP contribution in [0.25, 0.3) is 0 Å². The maximum atomic E-state index is 9.63. The van der Waals surface area contributed by atoms with Gasteiger partial charge in [-0.05, 0) is 24.8 Å². The van der Waals surface area contributed by atoms with Crippen LogP contribution < -0.4 is 10.6 Å². The van der Waals surface area contributed by atoms with Gasteiger partial charge in [0, 0.05) is 36.1 Å². The van der Waals surface area contributed by atoms with Gasteiger partial charge in [-0.3, -0.25) is 0 Å². The molecule has 1 aliphatic heterocycles. The fraction of sp³-hybridized carbons (Fsp3) is 0.636. The lowest BCUT2D eigenvalue weighted by Crippen LogP contribution is -2.49. The Morgan fingerprint density at radius 2 is 2.40 bits per heavy atom. The van der Waals surface area contributed by atoms with E-state index >= 15 is 0 Å². The van der Waals surface area contributed by atoms with Crippen LogP contribution in [0.15, 0.2) is 16.8 Å². The van der Waals surface area contributed by atoms with Gasteiger partial charge >= 0.3 is 0 Å². The van der Waals surface area contributed by atoms with Gasteiger partial charge in [0.25, 0.3) is 0 Å². The summed E-state index contributed by atoms with van der Waals surface area (Å²) in [6, 6.07) is 2.29. The third kappa shape index (κ3) is 2.51. The molecule has 1 fully saturated rings. The van der Waals surface area contributed by atoms with Crippen molar-refractivity contribution in [3.63, 3.8) is 0 Å². The number of hydrogen-bond acceptors (Lipinski definition) is 4. The van der Waals surface area contributed by atoms with Gasteiger partial charge in [-0.1, -0.05) is 0 Å². The van der Waals surface area contributed by atoms with E-state index in [1.807, 2.05) is 6.92 Å². The highest BCUT2D eigenvalue weighted by Gasteiger charge is 2.28. The summed E-state index contributed by atoms with van der Waals surface area (Å²) in [5.74, 6) is 0.300. The zero-order valence-corrected chi connectivity index (χ0v) is 9.78. The van der Waals surface area contributed by atoms with E-state index in [1.54, 1.807) is 11.3 Å². The molecule has 3 nitrogen and oxygen atoms in total. The number of piperidine rings is 1. The van der Waals surface area contributed by atoms with Gasteiger partial charge < -0.3 is 15.7 Å². The van der Waals surface area contributed by atoms with Gasteiger partial charge in [0.2, 0.25) is 0 Å². The first-order valence-corrected chi connectivity index (χ1v) is 6.32. The van der Waals surface area contributed by atoms with Crippen molar-refractivity contribution in [2.45, 2.75) is 25.5 Å². The lowest BCUT2D eigenvalue weighted by atomic mass is 9.90. The second-order valence-electron chi connectivity index (χ2n) is 4.38. The van der Waals surface area contributed by atoms with Gasteiger partial charge in [0.05, 0.1) is 6.10 Å². The van der Waals surface area contributed by atoms with Gasteiger partial charge in [-0.15, -0.1) is 0 Å². The lowest BCUT2D eigenvalue weighted by molar-refractivity contribution is 0.110. The van der Waals surface area contributed by atoms with Crippen LogP contribution in [0.1, 0.15) is 13.3 Å². The third-order valence-corrected chi connectivity index (χ3v) is 3.74. The predicted octanol–water partition coefficient (Wildman–Crippen LogP) is 1.28. The van der Waals surface area contributed by atoms with Crippen molar-refractivity contribution < 1.29 is 5.11 Å². The molecule has 3 atom stereocenters. The van der Waals surface area contributed by atoms with Crippen LogP contribution in [-0.4, -0.2) is 30.3 Å². The minimum atomic E-state index is -0.266. The Morgan fingerprint density at radius 1 is 1.60 bits per heavy atom. The van der Waals surface area contributed by atoms with Crippen molar-refractivity contribution in [1.82, 2.24) is 0 Å². The first kappa shape index (κ1) is 10.9. The van der Waals surface area contributed by atoms with Crippen molar-refractivity contribution in [3.05, 3.63) is 16.8 Å². The highest BCUT2D eigenvalue weighted by molar-refractivity contribution is 7.08. The van der Waals surface area contributed by atoms with E-state index < -0.39 is 0 Å². The number of rotatable bonds is 2. The molecule has 2 heterocycles. The summed E-state index contributed by atoms with van der Waals surface area (Å²) in [6.07, 6.45) is 0.663. The Bertz CT molecular complexity index is 300. The summed E-state index contributed by atoms with van der Waals surface area (Å²) in [5, 5.41) is 13.8. The molecule has 15 heavy (non-hydrogen) atoms.